The fraction of sp³-hybridized carbons (Fsp3) is 0.889. The molecular weight excluding hydrogens is 400 g/mol. The number of carbonyl (C=O) groups excluding carboxylic acids is 1. The van der Waals surface area contributed by atoms with E-state index in [0.29, 0.717) is 0 Å². The standard InChI is InChI=1S/C9H12N6O13/c1-7(2)27-3-8(4-28-7,12(18)19)11(17)10-6(16)26-5-9(13(20)21,14(22)23)15(24)25/h3-5H2,1-2H3. The van der Waals surface area contributed by atoms with Crippen LogP contribution in [-0.2, 0) is 14.2 Å². The van der Waals surface area contributed by atoms with Crippen LogP contribution in [0.25, 0.3) is 0 Å². The molecule has 28 heavy (non-hydrogen) atoms. The van der Waals surface area contributed by atoms with E-state index in [1.54, 1.807) is 0 Å². The molecular formula is C9H12N6O13. The Morgan fingerprint density at radius 1 is 1.00 bits per heavy atom. The normalized spacial score (nSPS) is 18.7. The van der Waals surface area contributed by atoms with Gasteiger partial charge < -0.3 is 19.4 Å². The highest BCUT2D eigenvalue weighted by Gasteiger charge is 2.72. The van der Waals surface area contributed by atoms with Crippen molar-refractivity contribution in [1.82, 2.24) is 0 Å². The zero-order valence-electron chi connectivity index (χ0n) is 14.1. The van der Waals surface area contributed by atoms with Gasteiger partial charge in [0.2, 0.25) is 0 Å². The topological polar surface area (TPSA) is 256 Å². The molecule has 19 heteroatoms. The van der Waals surface area contributed by atoms with E-state index in [0.717, 1.165) is 0 Å². The third kappa shape index (κ3) is 4.03. The minimum Gasteiger partial charge on any atom is -0.594 e. The fourth-order valence-electron chi connectivity index (χ4n) is 1.66. The van der Waals surface area contributed by atoms with Gasteiger partial charge in [-0.3, -0.25) is 40.5 Å². The van der Waals surface area contributed by atoms with Crippen LogP contribution in [0.15, 0.2) is 5.11 Å². The maximum absolute atomic E-state index is 12.0. The number of hydrogen-bond donors (Lipinski definition) is 0. The van der Waals surface area contributed by atoms with Crippen LogP contribution in [0, 0.1) is 45.7 Å². The van der Waals surface area contributed by atoms with Gasteiger partial charge in [0.15, 0.2) is 33.8 Å². The second kappa shape index (κ2) is 7.56. The van der Waals surface area contributed by atoms with Gasteiger partial charge in [-0.2, -0.15) is 0 Å². The summed E-state index contributed by atoms with van der Waals surface area (Å²) in [6.07, 6.45) is -2.09. The lowest BCUT2D eigenvalue weighted by molar-refractivity contribution is -0.970. The van der Waals surface area contributed by atoms with E-state index >= 15 is 0 Å². The van der Waals surface area contributed by atoms with E-state index in [2.05, 4.69) is 9.85 Å². The lowest BCUT2D eigenvalue weighted by Crippen LogP contribution is -2.60. The van der Waals surface area contributed by atoms with E-state index in [-0.39, 0.29) is 0 Å². The minimum atomic E-state index is -4.15. The molecule has 0 spiro atoms. The number of ether oxygens (including phenoxy) is 3. The van der Waals surface area contributed by atoms with Crippen LogP contribution in [0.3, 0.4) is 0 Å². The molecule has 0 saturated carbocycles. The van der Waals surface area contributed by atoms with Crippen molar-refractivity contribution in [1.29, 1.82) is 0 Å². The third-order valence-corrected chi connectivity index (χ3v) is 3.44. The largest absolute Gasteiger partial charge is 0.734 e. The van der Waals surface area contributed by atoms with Gasteiger partial charge in [-0.05, 0) is 18.7 Å². The predicted molar refractivity (Wildman–Crippen MR) is 76.8 cm³/mol. The van der Waals surface area contributed by atoms with Crippen LogP contribution in [0.2, 0.25) is 0 Å². The Morgan fingerprint density at radius 3 is 1.79 bits per heavy atom. The minimum absolute atomic E-state index is 0.781. The van der Waals surface area contributed by atoms with Crippen molar-refractivity contribution in [2.45, 2.75) is 31.1 Å². The summed E-state index contributed by atoms with van der Waals surface area (Å²) in [5, 5.41) is 57.8. The highest BCUT2D eigenvalue weighted by molar-refractivity contribution is 5.66. The monoisotopic (exact) mass is 412 g/mol. The van der Waals surface area contributed by atoms with E-state index in [1.807, 2.05) is 0 Å². The van der Waals surface area contributed by atoms with Gasteiger partial charge in [0.1, 0.15) is 10.0 Å². The van der Waals surface area contributed by atoms with Crippen molar-refractivity contribution in [3.63, 3.8) is 0 Å². The number of azo groups is 1. The second-order valence-corrected chi connectivity index (χ2v) is 5.69. The van der Waals surface area contributed by atoms with Crippen LogP contribution in [0.5, 0.6) is 0 Å². The van der Waals surface area contributed by atoms with Crippen molar-refractivity contribution >= 4 is 6.09 Å². The van der Waals surface area contributed by atoms with E-state index in [1.165, 1.54) is 13.8 Å². The molecule has 0 atom stereocenters. The lowest BCUT2D eigenvalue weighted by atomic mass is 10.2. The molecule has 0 bridgehead atoms. The van der Waals surface area contributed by atoms with Gasteiger partial charge in [-0.1, -0.05) is 0 Å². The summed E-state index contributed by atoms with van der Waals surface area (Å²) in [5.74, 6) is -5.44. The van der Waals surface area contributed by atoms with Crippen LogP contribution in [0.4, 0.5) is 4.79 Å². The van der Waals surface area contributed by atoms with Crippen LogP contribution < -0.4 is 0 Å². The highest BCUT2D eigenvalue weighted by atomic mass is 16.8. The van der Waals surface area contributed by atoms with Gasteiger partial charge in [-0.15, -0.1) is 0 Å². The molecule has 0 aliphatic carbocycles. The molecule has 0 aromatic rings. The third-order valence-electron chi connectivity index (χ3n) is 3.44. The molecule has 1 amide bonds. The number of carbonyl (C=O) groups is 1. The molecule has 0 aromatic carbocycles. The van der Waals surface area contributed by atoms with Crippen molar-refractivity contribution in [3.05, 3.63) is 45.7 Å². The summed E-state index contributed by atoms with van der Waals surface area (Å²) in [4.78, 5) is 47.0. The molecule has 1 heterocycles. The molecule has 1 saturated heterocycles. The number of hydrogen-bond acceptors (Lipinski definition) is 13. The first-order valence-electron chi connectivity index (χ1n) is 6.93. The Labute approximate surface area is 152 Å². The van der Waals surface area contributed by atoms with Crippen molar-refractivity contribution in [2.24, 2.45) is 5.11 Å². The van der Waals surface area contributed by atoms with Gasteiger partial charge in [0, 0.05) is 0 Å². The first-order valence-corrected chi connectivity index (χ1v) is 6.93. The number of nitrogens with zero attached hydrogens (tertiary/aromatic N) is 6. The Morgan fingerprint density at radius 2 is 1.43 bits per heavy atom. The molecule has 19 nitrogen and oxygen atoms in total. The van der Waals surface area contributed by atoms with Gasteiger partial charge in [-0.25, -0.2) is 4.79 Å². The number of rotatable bonds is 7. The van der Waals surface area contributed by atoms with Crippen molar-refractivity contribution in [3.8, 4) is 0 Å². The summed E-state index contributed by atoms with van der Waals surface area (Å²) in [6.45, 7) is -1.07. The van der Waals surface area contributed by atoms with Crippen molar-refractivity contribution < 1.29 is 43.6 Å². The Bertz CT molecular complexity index is 701. The van der Waals surface area contributed by atoms with Gasteiger partial charge in [0.25, 0.3) is 0 Å². The molecule has 1 fully saturated rings. The van der Waals surface area contributed by atoms with Crippen LogP contribution in [-0.4, -0.2) is 67.7 Å². The molecule has 156 valence electrons. The molecule has 1 rings (SSSR count). The Hall–Kier alpha value is -3.61. The van der Waals surface area contributed by atoms with Crippen molar-refractivity contribution in [2.75, 3.05) is 19.8 Å². The zero-order chi connectivity index (χ0) is 21.9. The maximum Gasteiger partial charge on any atom is 0.734 e. The summed E-state index contributed by atoms with van der Waals surface area (Å²) >= 11 is 0. The molecule has 1 aliphatic rings. The average Bonchev–Trinajstić information content (AvgIpc) is 2.54. The molecule has 0 N–H and O–H groups in total. The first kappa shape index (κ1) is 22.4. The second-order valence-electron chi connectivity index (χ2n) is 5.69. The van der Waals surface area contributed by atoms with E-state index in [9.17, 15) is 50.5 Å². The summed E-state index contributed by atoms with van der Waals surface area (Å²) in [6, 6.07) is 0. The summed E-state index contributed by atoms with van der Waals surface area (Å²) in [5.41, 5.74) is -2.74. The SMILES string of the molecule is CC1(C)OCC([N+](=O)[O-])([N+]([O-])=NC(=O)OCC([N+](=O)[O-])([N+](=O)[O-])[N+](=O)[O-])CO1. The predicted octanol–water partition coefficient (Wildman–Crippen LogP) is -0.675. The van der Waals surface area contributed by atoms with Crippen LogP contribution >= 0.6 is 0 Å². The smallest absolute Gasteiger partial charge is 0.594 e. The van der Waals surface area contributed by atoms with Gasteiger partial charge in [0.05, 0.1) is 0 Å². The quantitative estimate of drug-likeness (QED) is 0.165. The Kier molecular flexibility index (Phi) is 6.05. The summed E-state index contributed by atoms with van der Waals surface area (Å²) < 4.78 is 13.9. The number of nitro groups is 4. The first-order chi connectivity index (χ1) is 12.7. The molecule has 0 unspecified atom stereocenters. The zero-order valence-corrected chi connectivity index (χ0v) is 14.1. The number of hydroxylamine groups is 1. The molecule has 0 radical (unpaired) electrons. The number of amides is 1. The van der Waals surface area contributed by atoms with E-state index in [4.69, 9.17) is 9.47 Å². The Balaban J connectivity index is 3.04. The molecule has 1 aliphatic heterocycles. The van der Waals surface area contributed by atoms with E-state index < -0.39 is 67.7 Å². The fourth-order valence-corrected chi connectivity index (χ4v) is 1.66. The lowest BCUT2D eigenvalue weighted by Gasteiger charge is -2.34. The average molecular weight is 412 g/mol. The highest BCUT2D eigenvalue weighted by Crippen LogP contribution is 2.26. The molecule has 0 aromatic heterocycles. The maximum atomic E-state index is 12.0. The van der Waals surface area contributed by atoms with Gasteiger partial charge >= 0.3 is 24.1 Å². The van der Waals surface area contributed by atoms with Crippen LogP contribution in [0.1, 0.15) is 13.8 Å². The summed E-state index contributed by atoms with van der Waals surface area (Å²) in [7, 11) is 0.